The van der Waals surface area contributed by atoms with Gasteiger partial charge < -0.3 is 15.4 Å². The van der Waals surface area contributed by atoms with Crippen LogP contribution in [0.1, 0.15) is 37.2 Å². The molecule has 1 aliphatic rings. The van der Waals surface area contributed by atoms with Crippen molar-refractivity contribution in [2.45, 2.75) is 32.7 Å². The number of allylic oxidation sites excluding steroid dienone is 1. The Bertz CT molecular complexity index is 988. The number of carbonyl (C=O) groups is 2. The number of hydrogen-bond donors (Lipinski definition) is 2. The summed E-state index contributed by atoms with van der Waals surface area (Å²) >= 11 is 0. The Morgan fingerprint density at radius 3 is 2.73 bits per heavy atom. The molecule has 2 aromatic rings. The molecule has 156 valence electrons. The van der Waals surface area contributed by atoms with Gasteiger partial charge in [-0.15, -0.1) is 0 Å². The Balaban J connectivity index is 1.69. The average Bonchev–Trinajstić information content (AvgIpc) is 2.72. The molecule has 1 aromatic heterocycles. The minimum Gasteiger partial charge on any atom is -0.450 e. The third-order valence-electron chi connectivity index (χ3n) is 4.41. The smallest absolute Gasteiger partial charge is 0.407 e. The lowest BCUT2D eigenvalue weighted by Gasteiger charge is -2.21. The lowest BCUT2D eigenvalue weighted by molar-refractivity contribution is 0.102. The Morgan fingerprint density at radius 1 is 1.27 bits per heavy atom. The second kappa shape index (κ2) is 9.73. The first-order valence-electron chi connectivity index (χ1n) is 9.53. The topological polar surface area (TPSA) is 106 Å². The van der Waals surface area contributed by atoms with Crippen molar-refractivity contribution in [1.82, 2.24) is 15.3 Å². The zero-order chi connectivity index (χ0) is 21.5. The molecule has 9 heteroatoms. The molecule has 1 atom stereocenters. The highest BCUT2D eigenvalue weighted by Gasteiger charge is 2.19. The van der Waals surface area contributed by atoms with Crippen LogP contribution in [0.5, 0.6) is 0 Å². The number of alkyl carbamates (subject to hydrolysis) is 1. The van der Waals surface area contributed by atoms with Gasteiger partial charge in [-0.2, -0.15) is 0 Å². The Labute approximate surface area is 173 Å². The number of aliphatic imine (C=N–C) groups is 1. The molecule has 2 N–H and O–H groups in total. The molecule has 0 saturated heterocycles. The second-order valence-electron chi connectivity index (χ2n) is 6.64. The monoisotopic (exact) mass is 411 g/mol. The van der Waals surface area contributed by atoms with Crippen LogP contribution in [0.2, 0.25) is 0 Å². The first-order valence-corrected chi connectivity index (χ1v) is 9.53. The SMILES string of the molecule is CCOC(=O)NC1C=C(C)C(=Nc2cc(C(=O)Nc3ccc(F)cc3)ncn2)CC1. The number of aromatic nitrogens is 2. The summed E-state index contributed by atoms with van der Waals surface area (Å²) < 4.78 is 17.9. The number of nitrogens with zero attached hydrogens (tertiary/aromatic N) is 3. The van der Waals surface area contributed by atoms with Gasteiger partial charge >= 0.3 is 6.09 Å². The quantitative estimate of drug-likeness (QED) is 0.779. The predicted octanol–water partition coefficient (Wildman–Crippen LogP) is 3.80. The molecule has 3 rings (SSSR count). The average molecular weight is 411 g/mol. The van der Waals surface area contributed by atoms with E-state index in [2.05, 4.69) is 25.6 Å². The van der Waals surface area contributed by atoms with Crippen molar-refractivity contribution in [3.63, 3.8) is 0 Å². The van der Waals surface area contributed by atoms with Crippen LogP contribution in [-0.2, 0) is 4.74 Å². The minimum atomic E-state index is -0.445. The van der Waals surface area contributed by atoms with E-state index in [1.54, 1.807) is 6.92 Å². The summed E-state index contributed by atoms with van der Waals surface area (Å²) in [6.07, 6.45) is 4.06. The van der Waals surface area contributed by atoms with E-state index in [0.717, 1.165) is 11.3 Å². The maximum atomic E-state index is 13.0. The molecule has 0 spiro atoms. The summed E-state index contributed by atoms with van der Waals surface area (Å²) in [5.74, 6) is -0.474. The fourth-order valence-corrected chi connectivity index (χ4v) is 2.95. The molecule has 1 unspecified atom stereocenters. The van der Waals surface area contributed by atoms with E-state index in [1.807, 2.05) is 13.0 Å². The van der Waals surface area contributed by atoms with Crippen molar-refractivity contribution >= 4 is 29.2 Å². The van der Waals surface area contributed by atoms with Gasteiger partial charge in [0.05, 0.1) is 12.6 Å². The molecule has 0 radical (unpaired) electrons. The van der Waals surface area contributed by atoms with E-state index < -0.39 is 12.0 Å². The lowest BCUT2D eigenvalue weighted by atomic mass is 9.95. The second-order valence-corrected chi connectivity index (χ2v) is 6.64. The zero-order valence-corrected chi connectivity index (χ0v) is 16.7. The van der Waals surface area contributed by atoms with E-state index in [4.69, 9.17) is 4.74 Å². The predicted molar refractivity (Wildman–Crippen MR) is 110 cm³/mol. The van der Waals surface area contributed by atoms with Crippen LogP contribution >= 0.6 is 0 Å². The number of anilines is 1. The van der Waals surface area contributed by atoms with Crippen molar-refractivity contribution in [3.8, 4) is 0 Å². The van der Waals surface area contributed by atoms with E-state index in [-0.39, 0.29) is 17.6 Å². The number of halogens is 1. The Morgan fingerprint density at radius 2 is 2.03 bits per heavy atom. The van der Waals surface area contributed by atoms with Crippen molar-refractivity contribution < 1.29 is 18.7 Å². The largest absolute Gasteiger partial charge is 0.450 e. The maximum Gasteiger partial charge on any atom is 0.407 e. The van der Waals surface area contributed by atoms with Gasteiger partial charge in [-0.3, -0.25) is 4.79 Å². The van der Waals surface area contributed by atoms with Crippen molar-refractivity contribution in [2.24, 2.45) is 4.99 Å². The van der Waals surface area contributed by atoms with Crippen LogP contribution < -0.4 is 10.6 Å². The summed E-state index contributed by atoms with van der Waals surface area (Å²) in [6.45, 7) is 3.97. The normalized spacial score (nSPS) is 17.2. The van der Waals surface area contributed by atoms with Crippen molar-refractivity contribution in [2.75, 3.05) is 11.9 Å². The number of benzene rings is 1. The standard InChI is InChI=1S/C21H22FN5O3/c1-3-30-21(29)26-16-8-9-17(13(2)10-16)27-19-11-18(23-12-24-19)20(28)25-15-6-4-14(22)5-7-15/h4-7,10-12,16H,3,8-9H2,1-2H3,(H,25,28)(H,26,29). The lowest BCUT2D eigenvalue weighted by Crippen LogP contribution is -2.36. The molecule has 0 bridgehead atoms. The molecular weight excluding hydrogens is 389 g/mol. The van der Waals surface area contributed by atoms with E-state index >= 15 is 0 Å². The van der Waals surface area contributed by atoms with Crippen LogP contribution in [0.25, 0.3) is 0 Å². The van der Waals surface area contributed by atoms with Gasteiger partial charge in [-0.25, -0.2) is 24.1 Å². The van der Waals surface area contributed by atoms with Gasteiger partial charge in [0.1, 0.15) is 17.8 Å². The first kappa shape index (κ1) is 21.1. The van der Waals surface area contributed by atoms with Crippen LogP contribution in [0, 0.1) is 5.82 Å². The van der Waals surface area contributed by atoms with Crippen molar-refractivity contribution in [3.05, 3.63) is 59.8 Å². The fraction of sp³-hybridized carbons (Fsp3) is 0.286. The summed E-state index contributed by atoms with van der Waals surface area (Å²) in [6, 6.07) is 6.82. The Kier molecular flexibility index (Phi) is 6.84. The molecule has 1 heterocycles. The van der Waals surface area contributed by atoms with E-state index in [1.165, 1.54) is 36.7 Å². The molecule has 0 saturated carbocycles. The maximum absolute atomic E-state index is 13.0. The third kappa shape index (κ3) is 5.69. The van der Waals surface area contributed by atoms with E-state index in [9.17, 15) is 14.0 Å². The fourth-order valence-electron chi connectivity index (χ4n) is 2.95. The number of rotatable bonds is 5. The van der Waals surface area contributed by atoms with E-state index in [0.29, 0.717) is 31.0 Å². The molecular formula is C21H22FN5O3. The van der Waals surface area contributed by atoms with Gasteiger partial charge in [0, 0.05) is 17.5 Å². The van der Waals surface area contributed by atoms with Crippen LogP contribution in [0.3, 0.4) is 0 Å². The van der Waals surface area contributed by atoms with Gasteiger partial charge in [-0.1, -0.05) is 6.08 Å². The number of amides is 2. The highest BCUT2D eigenvalue weighted by Crippen LogP contribution is 2.20. The molecule has 0 aliphatic heterocycles. The first-order chi connectivity index (χ1) is 14.4. The van der Waals surface area contributed by atoms with Gasteiger partial charge in [0.25, 0.3) is 5.91 Å². The van der Waals surface area contributed by atoms with Crippen LogP contribution in [-0.4, -0.2) is 40.3 Å². The third-order valence-corrected chi connectivity index (χ3v) is 4.41. The zero-order valence-electron chi connectivity index (χ0n) is 16.7. The van der Waals surface area contributed by atoms with Crippen molar-refractivity contribution in [1.29, 1.82) is 0 Å². The number of ether oxygens (including phenoxy) is 1. The van der Waals surface area contributed by atoms with Crippen LogP contribution in [0.4, 0.5) is 20.7 Å². The molecule has 8 nitrogen and oxygen atoms in total. The highest BCUT2D eigenvalue weighted by molar-refractivity contribution is 6.04. The van der Waals surface area contributed by atoms with Gasteiger partial charge in [-0.05, 0) is 56.5 Å². The molecule has 1 aromatic carbocycles. The number of nitrogens with one attached hydrogen (secondary N) is 2. The van der Waals surface area contributed by atoms with Gasteiger partial charge in [0.2, 0.25) is 0 Å². The molecule has 1 aliphatic carbocycles. The number of carbonyl (C=O) groups excluding carboxylic acids is 2. The molecule has 30 heavy (non-hydrogen) atoms. The minimum absolute atomic E-state index is 0.120. The van der Waals surface area contributed by atoms with Gasteiger partial charge in [0.15, 0.2) is 5.82 Å². The summed E-state index contributed by atoms with van der Waals surface area (Å²) in [5.41, 5.74) is 2.34. The number of hydrogen-bond acceptors (Lipinski definition) is 6. The summed E-state index contributed by atoms with van der Waals surface area (Å²) in [5, 5.41) is 5.44. The highest BCUT2D eigenvalue weighted by atomic mass is 19.1. The van der Waals surface area contributed by atoms with Crippen LogP contribution in [0.15, 0.2) is 53.3 Å². The molecule has 2 amide bonds. The molecule has 0 fully saturated rings. The Hall–Kier alpha value is -3.62. The summed E-state index contributed by atoms with van der Waals surface area (Å²) in [7, 11) is 0. The summed E-state index contributed by atoms with van der Waals surface area (Å²) in [4.78, 5) is 36.6.